The highest BCUT2D eigenvalue weighted by Gasteiger charge is 2.00. The van der Waals surface area contributed by atoms with Crippen molar-refractivity contribution in [1.82, 2.24) is 9.97 Å². The lowest BCUT2D eigenvalue weighted by Gasteiger charge is -2.01. The Kier molecular flexibility index (Phi) is 3.37. The Morgan fingerprint density at radius 1 is 1.46 bits per heavy atom. The minimum atomic E-state index is -0.565. The predicted molar refractivity (Wildman–Crippen MR) is 49.9 cm³/mol. The summed E-state index contributed by atoms with van der Waals surface area (Å²) in [6.07, 6.45) is 4.73. The molecular weight excluding hydrogens is 169 g/mol. The summed E-state index contributed by atoms with van der Waals surface area (Å²) in [7, 11) is 0. The number of hydrogen-bond donors (Lipinski definition) is 1. The third-order valence-electron chi connectivity index (χ3n) is 1.43. The fourth-order valence-electron chi connectivity index (χ4n) is 0.791. The van der Waals surface area contributed by atoms with Crippen LogP contribution in [-0.2, 0) is 0 Å². The minimum absolute atomic E-state index is 0.194. The van der Waals surface area contributed by atoms with Crippen LogP contribution in [0.1, 0.15) is 13.8 Å². The molecule has 70 valence electrons. The first kappa shape index (κ1) is 9.64. The van der Waals surface area contributed by atoms with Gasteiger partial charge in [-0.15, -0.1) is 0 Å². The number of halogens is 1. The Hall–Kier alpha value is -1.45. The first-order valence-electron chi connectivity index (χ1n) is 4.04. The van der Waals surface area contributed by atoms with Crippen molar-refractivity contribution in [1.29, 1.82) is 0 Å². The van der Waals surface area contributed by atoms with E-state index in [9.17, 15) is 4.39 Å². The van der Waals surface area contributed by atoms with E-state index in [2.05, 4.69) is 15.3 Å². The van der Waals surface area contributed by atoms with Crippen molar-refractivity contribution in [3.63, 3.8) is 0 Å². The average Bonchev–Trinajstić information content (AvgIpc) is 2.08. The number of aromatic nitrogens is 2. The summed E-state index contributed by atoms with van der Waals surface area (Å²) in [6, 6.07) is 0. The summed E-state index contributed by atoms with van der Waals surface area (Å²) in [6.45, 7) is 4.53. The van der Waals surface area contributed by atoms with E-state index in [0.717, 1.165) is 0 Å². The normalized spacial score (nSPS) is 9.46. The summed E-state index contributed by atoms with van der Waals surface area (Å²) >= 11 is 0. The number of rotatable bonds is 3. The second-order valence-corrected chi connectivity index (χ2v) is 2.86. The molecule has 0 fully saturated rings. The van der Waals surface area contributed by atoms with Gasteiger partial charge in [0.05, 0.1) is 0 Å². The second-order valence-electron chi connectivity index (χ2n) is 2.86. The standard InChI is InChI=1S/C9H12FN3/c1-7(2)3-4-12-9-8(10)11-5-6-13-9/h3,5-6H,4H2,1-2H3,(H,12,13). The molecule has 0 radical (unpaired) electrons. The molecule has 0 atom stereocenters. The zero-order chi connectivity index (χ0) is 9.68. The average molecular weight is 181 g/mol. The number of anilines is 1. The highest BCUT2D eigenvalue weighted by atomic mass is 19.1. The molecule has 0 aromatic carbocycles. The van der Waals surface area contributed by atoms with Crippen LogP contribution in [0.3, 0.4) is 0 Å². The van der Waals surface area contributed by atoms with E-state index in [1.54, 1.807) is 0 Å². The summed E-state index contributed by atoms with van der Waals surface area (Å²) in [5, 5.41) is 2.82. The largest absolute Gasteiger partial charge is 0.363 e. The third kappa shape index (κ3) is 3.19. The smallest absolute Gasteiger partial charge is 0.255 e. The van der Waals surface area contributed by atoms with Gasteiger partial charge >= 0.3 is 0 Å². The fraction of sp³-hybridized carbons (Fsp3) is 0.333. The van der Waals surface area contributed by atoms with Gasteiger partial charge in [-0.1, -0.05) is 11.6 Å². The maximum Gasteiger partial charge on any atom is 0.255 e. The zero-order valence-electron chi connectivity index (χ0n) is 7.71. The molecule has 0 aliphatic rings. The van der Waals surface area contributed by atoms with Crippen molar-refractivity contribution in [3.8, 4) is 0 Å². The van der Waals surface area contributed by atoms with Gasteiger partial charge in [0.15, 0.2) is 5.82 Å². The molecule has 0 saturated carbocycles. The van der Waals surface area contributed by atoms with Gasteiger partial charge in [-0.05, 0) is 13.8 Å². The van der Waals surface area contributed by atoms with Gasteiger partial charge in [-0.25, -0.2) is 9.97 Å². The highest BCUT2D eigenvalue weighted by Crippen LogP contribution is 2.04. The molecule has 13 heavy (non-hydrogen) atoms. The quantitative estimate of drug-likeness (QED) is 0.725. The maximum atomic E-state index is 12.9. The Balaban J connectivity index is 2.55. The molecule has 0 unspecified atom stereocenters. The molecule has 3 nitrogen and oxygen atoms in total. The van der Waals surface area contributed by atoms with E-state index in [1.807, 2.05) is 19.9 Å². The van der Waals surface area contributed by atoms with E-state index in [0.29, 0.717) is 6.54 Å². The maximum absolute atomic E-state index is 12.9. The van der Waals surface area contributed by atoms with Crippen LogP contribution in [0.2, 0.25) is 0 Å². The van der Waals surface area contributed by atoms with Gasteiger partial charge in [-0.3, -0.25) is 0 Å². The van der Waals surface area contributed by atoms with Crippen molar-refractivity contribution in [2.24, 2.45) is 0 Å². The van der Waals surface area contributed by atoms with Crippen molar-refractivity contribution >= 4 is 5.82 Å². The lowest BCUT2D eigenvalue weighted by molar-refractivity contribution is 0.581. The number of hydrogen-bond acceptors (Lipinski definition) is 3. The Morgan fingerprint density at radius 2 is 2.15 bits per heavy atom. The molecule has 1 aromatic heterocycles. The molecule has 0 amide bonds. The monoisotopic (exact) mass is 181 g/mol. The Bertz CT molecular complexity index is 305. The Labute approximate surface area is 76.7 Å². The van der Waals surface area contributed by atoms with Crippen LogP contribution < -0.4 is 5.32 Å². The molecule has 1 N–H and O–H groups in total. The molecular formula is C9H12FN3. The summed E-state index contributed by atoms with van der Waals surface area (Å²) < 4.78 is 12.9. The van der Waals surface area contributed by atoms with Gasteiger partial charge in [0.2, 0.25) is 0 Å². The van der Waals surface area contributed by atoms with E-state index in [4.69, 9.17) is 0 Å². The van der Waals surface area contributed by atoms with E-state index < -0.39 is 5.95 Å². The summed E-state index contributed by atoms with van der Waals surface area (Å²) in [5.74, 6) is -0.371. The zero-order valence-corrected chi connectivity index (χ0v) is 7.71. The molecule has 0 bridgehead atoms. The van der Waals surface area contributed by atoms with Crippen molar-refractivity contribution in [2.75, 3.05) is 11.9 Å². The van der Waals surface area contributed by atoms with Crippen molar-refractivity contribution in [3.05, 3.63) is 30.0 Å². The summed E-state index contributed by atoms with van der Waals surface area (Å²) in [5.41, 5.74) is 1.18. The first-order chi connectivity index (χ1) is 6.20. The van der Waals surface area contributed by atoms with Crippen LogP contribution in [0.4, 0.5) is 10.2 Å². The van der Waals surface area contributed by atoms with E-state index in [1.165, 1.54) is 18.0 Å². The minimum Gasteiger partial charge on any atom is -0.363 e. The SMILES string of the molecule is CC(C)=CCNc1nccnc1F. The molecule has 0 spiro atoms. The van der Waals surface area contributed by atoms with Crippen molar-refractivity contribution < 1.29 is 4.39 Å². The molecule has 1 heterocycles. The van der Waals surface area contributed by atoms with Gasteiger partial charge in [-0.2, -0.15) is 4.39 Å². The molecule has 0 aliphatic heterocycles. The molecule has 0 aliphatic carbocycles. The number of allylic oxidation sites excluding steroid dienone is 1. The van der Waals surface area contributed by atoms with Crippen LogP contribution in [-0.4, -0.2) is 16.5 Å². The van der Waals surface area contributed by atoms with Gasteiger partial charge in [0.1, 0.15) is 0 Å². The summed E-state index contributed by atoms with van der Waals surface area (Å²) in [4.78, 5) is 7.26. The fourth-order valence-corrected chi connectivity index (χ4v) is 0.791. The number of nitrogens with zero attached hydrogens (tertiary/aromatic N) is 2. The third-order valence-corrected chi connectivity index (χ3v) is 1.43. The van der Waals surface area contributed by atoms with Crippen LogP contribution in [0.5, 0.6) is 0 Å². The highest BCUT2D eigenvalue weighted by molar-refractivity contribution is 5.32. The molecule has 0 saturated heterocycles. The Morgan fingerprint density at radius 3 is 2.77 bits per heavy atom. The van der Waals surface area contributed by atoms with E-state index >= 15 is 0 Å². The van der Waals surface area contributed by atoms with Crippen LogP contribution >= 0.6 is 0 Å². The lowest BCUT2D eigenvalue weighted by atomic mass is 10.3. The molecule has 1 rings (SSSR count). The molecule has 1 aromatic rings. The van der Waals surface area contributed by atoms with Gasteiger partial charge in [0, 0.05) is 18.9 Å². The second kappa shape index (κ2) is 4.54. The molecule has 4 heteroatoms. The topological polar surface area (TPSA) is 37.8 Å². The number of nitrogens with one attached hydrogen (secondary N) is 1. The van der Waals surface area contributed by atoms with Crippen LogP contribution in [0, 0.1) is 5.95 Å². The van der Waals surface area contributed by atoms with Crippen molar-refractivity contribution in [2.45, 2.75) is 13.8 Å². The van der Waals surface area contributed by atoms with Gasteiger partial charge in [0.25, 0.3) is 5.95 Å². The lowest BCUT2D eigenvalue weighted by Crippen LogP contribution is -2.04. The van der Waals surface area contributed by atoms with Crippen LogP contribution in [0.15, 0.2) is 24.0 Å². The first-order valence-corrected chi connectivity index (χ1v) is 4.04. The van der Waals surface area contributed by atoms with Crippen LogP contribution in [0.25, 0.3) is 0 Å². The van der Waals surface area contributed by atoms with Gasteiger partial charge < -0.3 is 5.32 Å². The van der Waals surface area contributed by atoms with E-state index in [-0.39, 0.29) is 5.82 Å². The predicted octanol–water partition coefficient (Wildman–Crippen LogP) is 1.99.